The van der Waals surface area contributed by atoms with Crippen molar-refractivity contribution in [3.05, 3.63) is 78.2 Å². The maximum atomic E-state index is 5.09. The summed E-state index contributed by atoms with van der Waals surface area (Å²) in [5.74, 6) is 3.99. The Bertz CT molecular complexity index is 727. The lowest BCUT2D eigenvalue weighted by Crippen LogP contribution is -1.83. The maximum absolute atomic E-state index is 5.09. The maximum Gasteiger partial charge on any atom is 0.139 e. The predicted octanol–water partition coefficient (Wildman–Crippen LogP) is 11.9. The molecule has 7 nitrogen and oxygen atoms in total. The molecule has 40 heavy (non-hydrogen) atoms. The van der Waals surface area contributed by atoms with Crippen LogP contribution in [0.15, 0.2) is 73.4 Å². The molecular weight excluding hydrogens is 502 g/mol. The molecule has 0 unspecified atom stereocenters. The van der Waals surface area contributed by atoms with Crippen molar-refractivity contribution in [1.29, 1.82) is 0 Å². The van der Waals surface area contributed by atoms with Gasteiger partial charge in [0.15, 0.2) is 0 Å². The Kier molecular flexibility index (Phi) is 35.3. The van der Waals surface area contributed by atoms with Gasteiger partial charge in [0.25, 0.3) is 0 Å². The van der Waals surface area contributed by atoms with Gasteiger partial charge in [-0.1, -0.05) is 126 Å². The molecule has 0 amide bonds. The lowest BCUT2D eigenvalue weighted by molar-refractivity contribution is 0.371. The summed E-state index contributed by atoms with van der Waals surface area (Å²) >= 11 is 0. The van der Waals surface area contributed by atoms with Gasteiger partial charge in [0.2, 0.25) is 0 Å². The number of hydrogen-bond acceptors (Lipinski definition) is 7. The fourth-order valence-electron chi connectivity index (χ4n) is 2.16. The number of nitrogens with zero attached hydrogens (tertiary/aromatic N) is 3. The summed E-state index contributed by atoms with van der Waals surface area (Å²) < 4.78 is 19.2. The molecule has 4 aromatic heterocycles. The van der Waals surface area contributed by atoms with Gasteiger partial charge in [0.1, 0.15) is 24.0 Å². The van der Waals surface area contributed by atoms with Gasteiger partial charge in [-0.15, -0.1) is 0 Å². The zero-order valence-electron chi connectivity index (χ0n) is 28.5. The molecule has 4 rings (SSSR count). The van der Waals surface area contributed by atoms with Gasteiger partial charge in [-0.2, -0.15) is 0 Å². The first-order valence-electron chi connectivity index (χ1n) is 15.0. The van der Waals surface area contributed by atoms with E-state index in [0.29, 0.717) is 23.7 Å². The molecule has 0 aliphatic rings. The molecule has 0 aliphatic heterocycles. The van der Waals surface area contributed by atoms with E-state index in [9.17, 15) is 0 Å². The van der Waals surface area contributed by atoms with Gasteiger partial charge in [-0.05, 0) is 24.0 Å². The van der Waals surface area contributed by atoms with Gasteiger partial charge < -0.3 is 18.0 Å². The Morgan fingerprint density at radius 3 is 1.35 bits per heavy atom. The van der Waals surface area contributed by atoms with Crippen LogP contribution in [-0.2, 0) is 0 Å². The standard InChI is InChI=1S/C7H10O.3C6H9NO.4C2H6/c1-6(2)7-4-3-5-8-7;1-5(2)6-3-7-8-4-6;1-5(2)6-3-4-8-7-6;1-5(2)6-3-4-7-8-6;4*1-2/h3-6H,1-2H3;3*3-5H,1-2H3;4*1-2H3. The molecule has 0 saturated carbocycles. The summed E-state index contributed by atoms with van der Waals surface area (Å²) in [6.07, 6.45) is 8.37. The van der Waals surface area contributed by atoms with E-state index in [1.54, 1.807) is 31.2 Å². The second kappa shape index (κ2) is 32.1. The minimum Gasteiger partial charge on any atom is -0.469 e. The molecule has 0 aliphatic carbocycles. The first-order chi connectivity index (χ1) is 19.2. The largest absolute Gasteiger partial charge is 0.469 e. The van der Waals surface area contributed by atoms with E-state index in [1.807, 2.05) is 79.7 Å². The van der Waals surface area contributed by atoms with Crippen LogP contribution in [0.25, 0.3) is 0 Å². The predicted molar refractivity (Wildman–Crippen MR) is 170 cm³/mol. The molecule has 0 spiro atoms. The normalized spacial score (nSPS) is 8.90. The van der Waals surface area contributed by atoms with Gasteiger partial charge in [0, 0.05) is 29.5 Å². The Labute approximate surface area is 246 Å². The summed E-state index contributed by atoms with van der Waals surface area (Å²) in [4.78, 5) is 0. The van der Waals surface area contributed by atoms with Crippen molar-refractivity contribution in [2.24, 2.45) is 0 Å². The van der Waals surface area contributed by atoms with Crippen LogP contribution in [0, 0.1) is 0 Å². The number of rotatable bonds is 4. The highest BCUT2D eigenvalue weighted by Crippen LogP contribution is 2.13. The van der Waals surface area contributed by atoms with Crippen LogP contribution in [-0.4, -0.2) is 15.5 Å². The Morgan fingerprint density at radius 1 is 0.575 bits per heavy atom. The van der Waals surface area contributed by atoms with Crippen LogP contribution in [0.2, 0.25) is 0 Å². The molecule has 4 heterocycles. The Hall–Kier alpha value is -3.09. The fraction of sp³-hybridized carbons (Fsp3) is 0.606. The second-order valence-corrected chi connectivity index (χ2v) is 8.43. The summed E-state index contributed by atoms with van der Waals surface area (Å²) in [5, 5.41) is 10.9. The third kappa shape index (κ3) is 24.0. The zero-order chi connectivity index (χ0) is 31.9. The van der Waals surface area contributed by atoms with Crippen molar-refractivity contribution < 1.29 is 18.0 Å². The average molecular weight is 564 g/mol. The molecule has 232 valence electrons. The van der Waals surface area contributed by atoms with E-state index in [2.05, 4.69) is 79.9 Å². The van der Waals surface area contributed by atoms with Gasteiger partial charge >= 0.3 is 0 Å². The number of aromatic nitrogens is 3. The van der Waals surface area contributed by atoms with Crippen LogP contribution in [0.5, 0.6) is 0 Å². The van der Waals surface area contributed by atoms with E-state index in [4.69, 9.17) is 8.94 Å². The van der Waals surface area contributed by atoms with Crippen LogP contribution in [0.3, 0.4) is 0 Å². The summed E-state index contributed by atoms with van der Waals surface area (Å²) in [7, 11) is 0. The van der Waals surface area contributed by atoms with Gasteiger partial charge in [-0.3, -0.25) is 0 Å². The van der Waals surface area contributed by atoms with Crippen molar-refractivity contribution in [3.63, 3.8) is 0 Å². The van der Waals surface area contributed by atoms with Crippen LogP contribution < -0.4 is 0 Å². The molecule has 0 atom stereocenters. The van der Waals surface area contributed by atoms with Crippen LogP contribution in [0.1, 0.15) is 157 Å². The molecule has 0 radical (unpaired) electrons. The summed E-state index contributed by atoms with van der Waals surface area (Å²) in [6, 6.07) is 7.66. The highest BCUT2D eigenvalue weighted by atomic mass is 16.5. The van der Waals surface area contributed by atoms with Gasteiger partial charge in [0.05, 0.1) is 24.4 Å². The fourth-order valence-corrected chi connectivity index (χ4v) is 2.16. The molecule has 4 aromatic rings. The lowest BCUT2D eigenvalue weighted by Gasteiger charge is -1.94. The summed E-state index contributed by atoms with van der Waals surface area (Å²) in [5.41, 5.74) is 2.18. The third-order valence-electron chi connectivity index (χ3n) is 4.31. The van der Waals surface area contributed by atoms with E-state index in [1.165, 1.54) is 0 Å². The lowest BCUT2D eigenvalue weighted by atomic mass is 10.1. The topological polar surface area (TPSA) is 91.2 Å². The Balaban J connectivity index is -0.000000199. The van der Waals surface area contributed by atoms with E-state index < -0.39 is 0 Å². The van der Waals surface area contributed by atoms with Crippen molar-refractivity contribution in [1.82, 2.24) is 15.5 Å². The molecular formula is C33H61N3O4. The first kappa shape index (κ1) is 43.9. The van der Waals surface area contributed by atoms with E-state index >= 15 is 0 Å². The first-order valence-corrected chi connectivity index (χ1v) is 15.0. The van der Waals surface area contributed by atoms with Crippen LogP contribution >= 0.6 is 0 Å². The van der Waals surface area contributed by atoms with E-state index in [-0.39, 0.29) is 0 Å². The monoisotopic (exact) mass is 563 g/mol. The van der Waals surface area contributed by atoms with Gasteiger partial charge in [-0.25, -0.2) is 0 Å². The minimum atomic E-state index is 0.456. The smallest absolute Gasteiger partial charge is 0.139 e. The average Bonchev–Trinajstić information content (AvgIpc) is 3.81. The Morgan fingerprint density at radius 2 is 1.15 bits per heavy atom. The van der Waals surface area contributed by atoms with Crippen molar-refractivity contribution in [2.45, 2.75) is 134 Å². The highest BCUT2D eigenvalue weighted by Gasteiger charge is 2.00. The molecule has 0 saturated heterocycles. The molecule has 0 aromatic carbocycles. The minimum absolute atomic E-state index is 0.456. The van der Waals surface area contributed by atoms with E-state index in [0.717, 1.165) is 22.8 Å². The molecule has 7 heteroatoms. The zero-order valence-corrected chi connectivity index (χ0v) is 28.5. The molecule has 0 N–H and O–H groups in total. The van der Waals surface area contributed by atoms with Crippen LogP contribution in [0.4, 0.5) is 0 Å². The second-order valence-electron chi connectivity index (χ2n) is 8.43. The third-order valence-corrected chi connectivity index (χ3v) is 4.31. The molecule has 0 bridgehead atoms. The van der Waals surface area contributed by atoms with Crippen molar-refractivity contribution in [3.8, 4) is 0 Å². The highest BCUT2D eigenvalue weighted by molar-refractivity contribution is 5.05. The summed E-state index contributed by atoms with van der Waals surface area (Å²) in [6.45, 7) is 32.7. The molecule has 0 fully saturated rings. The van der Waals surface area contributed by atoms with Crippen molar-refractivity contribution in [2.75, 3.05) is 0 Å². The number of hydrogen-bond donors (Lipinski definition) is 0. The SMILES string of the molecule is CC.CC.CC.CC.CC(C)c1ccco1.CC(C)c1ccno1.CC(C)c1ccon1.CC(C)c1cnoc1. The quantitative estimate of drug-likeness (QED) is 0.244. The van der Waals surface area contributed by atoms with Crippen molar-refractivity contribution >= 4 is 0 Å². The number of furan rings is 1.